The lowest BCUT2D eigenvalue weighted by atomic mass is 10.0. The molecular formula is C20H24N4O4S2. The molecule has 1 aromatic carbocycles. The maximum Gasteiger partial charge on any atom is 0.242 e. The van der Waals surface area contributed by atoms with E-state index >= 15 is 0 Å². The van der Waals surface area contributed by atoms with Gasteiger partial charge in [0.1, 0.15) is 6.04 Å². The van der Waals surface area contributed by atoms with Gasteiger partial charge < -0.3 is 9.84 Å². The fourth-order valence-corrected chi connectivity index (χ4v) is 5.02. The van der Waals surface area contributed by atoms with E-state index in [1.165, 1.54) is 23.5 Å². The van der Waals surface area contributed by atoms with Crippen LogP contribution in [-0.2, 0) is 14.8 Å². The van der Waals surface area contributed by atoms with E-state index < -0.39 is 22.0 Å². The van der Waals surface area contributed by atoms with Gasteiger partial charge in [0.15, 0.2) is 0 Å². The number of anilines is 1. The Hall–Kier alpha value is -2.56. The van der Waals surface area contributed by atoms with Gasteiger partial charge in [-0.25, -0.2) is 8.42 Å². The minimum atomic E-state index is -3.84. The van der Waals surface area contributed by atoms with Crippen molar-refractivity contribution >= 4 is 33.0 Å². The molecule has 2 aromatic heterocycles. The molecule has 0 unspecified atom stereocenters. The quantitative estimate of drug-likeness (QED) is 0.570. The Bertz CT molecular complexity index is 1150. The molecule has 3 rings (SSSR count). The third-order valence-corrected chi connectivity index (χ3v) is 6.99. The zero-order valence-corrected chi connectivity index (χ0v) is 19.0. The second kappa shape index (κ2) is 8.66. The van der Waals surface area contributed by atoms with Crippen LogP contribution in [0.25, 0.3) is 10.7 Å². The topological polar surface area (TPSA) is 114 Å². The molecule has 0 bridgehead atoms. The molecule has 3 aromatic rings. The van der Waals surface area contributed by atoms with E-state index in [4.69, 9.17) is 4.52 Å². The molecule has 0 radical (unpaired) electrons. The van der Waals surface area contributed by atoms with Crippen molar-refractivity contribution in [3.63, 3.8) is 0 Å². The molecule has 0 aliphatic carbocycles. The number of sulfonamides is 1. The highest BCUT2D eigenvalue weighted by molar-refractivity contribution is 7.89. The Morgan fingerprint density at radius 1 is 1.13 bits per heavy atom. The molecule has 160 valence electrons. The van der Waals surface area contributed by atoms with Crippen molar-refractivity contribution in [1.82, 2.24) is 14.9 Å². The van der Waals surface area contributed by atoms with Crippen LogP contribution >= 0.6 is 11.3 Å². The van der Waals surface area contributed by atoms with Gasteiger partial charge in [-0.15, -0.1) is 11.3 Å². The van der Waals surface area contributed by atoms with Crippen LogP contribution in [0.4, 0.5) is 5.69 Å². The number of thiophene rings is 1. The van der Waals surface area contributed by atoms with Crippen molar-refractivity contribution < 1.29 is 17.7 Å². The molecule has 0 fully saturated rings. The molecule has 0 aliphatic rings. The first kappa shape index (κ1) is 22.1. The third-order valence-electron chi connectivity index (χ3n) is 4.49. The number of nitrogens with one attached hydrogen (secondary N) is 2. The summed E-state index contributed by atoms with van der Waals surface area (Å²) in [5, 5.41) is 6.72. The summed E-state index contributed by atoms with van der Waals surface area (Å²) >= 11 is 1.42. The van der Waals surface area contributed by atoms with Gasteiger partial charge in [-0.05, 0) is 38.0 Å². The van der Waals surface area contributed by atoms with E-state index in [1.807, 2.05) is 13.8 Å². The van der Waals surface area contributed by atoms with Crippen LogP contribution in [-0.4, -0.2) is 30.5 Å². The number of aryl methyl sites for hydroxylation is 3. The first-order chi connectivity index (χ1) is 14.1. The minimum absolute atomic E-state index is 0.119. The van der Waals surface area contributed by atoms with Gasteiger partial charge in [0.25, 0.3) is 0 Å². The molecule has 10 heteroatoms. The molecule has 2 N–H and O–H groups in total. The predicted molar refractivity (Wildman–Crippen MR) is 116 cm³/mol. The second-order valence-electron chi connectivity index (χ2n) is 7.36. The van der Waals surface area contributed by atoms with E-state index in [-0.39, 0.29) is 10.8 Å². The average molecular weight is 449 g/mol. The van der Waals surface area contributed by atoms with Crippen LogP contribution in [0, 0.1) is 26.7 Å². The standard InChI is InChI=1S/C20H24N4O4S2/c1-11(2)18(24-30(26,27)15-8-6-12(3)7-9-15)20(25)22-16-10-17(29-13(16)4)19-21-14(5)28-23-19/h6-11,18,24H,1-5H3,(H,22,25)/t18-/m0/s1. The zero-order valence-electron chi connectivity index (χ0n) is 17.4. The summed E-state index contributed by atoms with van der Waals surface area (Å²) in [5.41, 5.74) is 1.54. The monoisotopic (exact) mass is 448 g/mol. The summed E-state index contributed by atoms with van der Waals surface area (Å²) in [4.78, 5) is 18.9. The maximum atomic E-state index is 12.9. The number of benzene rings is 1. The molecule has 2 heterocycles. The first-order valence-corrected chi connectivity index (χ1v) is 11.7. The number of hydrogen-bond donors (Lipinski definition) is 2. The Morgan fingerprint density at radius 3 is 2.37 bits per heavy atom. The van der Waals surface area contributed by atoms with Crippen molar-refractivity contribution in [1.29, 1.82) is 0 Å². The summed E-state index contributed by atoms with van der Waals surface area (Å²) in [6.07, 6.45) is 0. The number of nitrogens with zero attached hydrogens (tertiary/aromatic N) is 2. The van der Waals surface area contributed by atoms with Gasteiger partial charge in [0.05, 0.1) is 15.5 Å². The van der Waals surface area contributed by atoms with Crippen molar-refractivity contribution in [2.24, 2.45) is 5.92 Å². The first-order valence-electron chi connectivity index (χ1n) is 9.38. The zero-order chi connectivity index (χ0) is 22.1. The van der Waals surface area contributed by atoms with Gasteiger partial charge >= 0.3 is 0 Å². The third kappa shape index (κ3) is 4.94. The van der Waals surface area contributed by atoms with Gasteiger partial charge in [0, 0.05) is 11.8 Å². The van der Waals surface area contributed by atoms with E-state index in [0.717, 1.165) is 15.3 Å². The fraction of sp³-hybridized carbons (Fsp3) is 0.350. The van der Waals surface area contributed by atoms with E-state index in [2.05, 4.69) is 20.2 Å². The normalized spacial score (nSPS) is 12.9. The van der Waals surface area contributed by atoms with Gasteiger partial charge in [-0.3, -0.25) is 4.79 Å². The molecule has 0 saturated heterocycles. The number of amides is 1. The number of hydrogen-bond acceptors (Lipinski definition) is 7. The summed E-state index contributed by atoms with van der Waals surface area (Å²) < 4.78 is 33.1. The summed E-state index contributed by atoms with van der Waals surface area (Å²) in [7, 11) is -3.84. The smallest absolute Gasteiger partial charge is 0.242 e. The molecule has 0 spiro atoms. The van der Waals surface area contributed by atoms with E-state index in [1.54, 1.807) is 39.0 Å². The van der Waals surface area contributed by atoms with Gasteiger partial charge in [0.2, 0.25) is 27.6 Å². The second-order valence-corrected chi connectivity index (χ2v) is 10.3. The average Bonchev–Trinajstić information content (AvgIpc) is 3.26. The van der Waals surface area contributed by atoms with Crippen molar-refractivity contribution in [3.8, 4) is 10.7 Å². The van der Waals surface area contributed by atoms with Crippen molar-refractivity contribution in [2.75, 3.05) is 5.32 Å². The summed E-state index contributed by atoms with van der Waals surface area (Å²) in [6, 6.07) is 7.30. The molecule has 8 nitrogen and oxygen atoms in total. The Balaban J connectivity index is 1.79. The molecule has 1 amide bonds. The van der Waals surface area contributed by atoms with Crippen LogP contribution in [0.1, 0.15) is 30.2 Å². The number of carbonyl (C=O) groups excluding carboxylic acids is 1. The van der Waals surface area contributed by atoms with Crippen molar-refractivity contribution in [3.05, 3.63) is 46.7 Å². The van der Waals surface area contributed by atoms with Gasteiger partial charge in [-0.2, -0.15) is 9.71 Å². The summed E-state index contributed by atoms with van der Waals surface area (Å²) in [6.45, 7) is 9.01. The molecule has 30 heavy (non-hydrogen) atoms. The van der Waals surface area contributed by atoms with Crippen LogP contribution in [0.5, 0.6) is 0 Å². The Kier molecular flexibility index (Phi) is 6.39. The lowest BCUT2D eigenvalue weighted by Gasteiger charge is -2.21. The highest BCUT2D eigenvalue weighted by atomic mass is 32.2. The van der Waals surface area contributed by atoms with Crippen LogP contribution in [0.15, 0.2) is 39.8 Å². The Labute approximate surface area is 179 Å². The highest BCUT2D eigenvalue weighted by Gasteiger charge is 2.29. The van der Waals surface area contributed by atoms with Crippen LogP contribution in [0.3, 0.4) is 0 Å². The Morgan fingerprint density at radius 2 is 1.80 bits per heavy atom. The lowest BCUT2D eigenvalue weighted by molar-refractivity contribution is -0.118. The van der Waals surface area contributed by atoms with E-state index in [9.17, 15) is 13.2 Å². The van der Waals surface area contributed by atoms with Crippen LogP contribution < -0.4 is 10.0 Å². The highest BCUT2D eigenvalue weighted by Crippen LogP contribution is 2.33. The number of carbonyl (C=O) groups is 1. The van der Waals surface area contributed by atoms with Crippen LogP contribution in [0.2, 0.25) is 0 Å². The molecule has 0 saturated carbocycles. The summed E-state index contributed by atoms with van der Waals surface area (Å²) in [5.74, 6) is 0.203. The predicted octanol–water partition coefficient (Wildman–Crippen LogP) is 3.66. The molecule has 0 aliphatic heterocycles. The number of rotatable bonds is 7. The molecular weight excluding hydrogens is 424 g/mol. The van der Waals surface area contributed by atoms with Gasteiger partial charge in [-0.1, -0.05) is 36.7 Å². The molecule has 1 atom stereocenters. The maximum absolute atomic E-state index is 12.9. The van der Waals surface area contributed by atoms with E-state index in [0.29, 0.717) is 17.4 Å². The lowest BCUT2D eigenvalue weighted by Crippen LogP contribution is -2.47. The SMILES string of the molecule is Cc1ccc(S(=O)(=O)N[C@H](C(=O)Nc2cc(-c3noc(C)n3)sc2C)C(C)C)cc1. The van der Waals surface area contributed by atoms with Crippen molar-refractivity contribution in [2.45, 2.75) is 45.6 Å². The largest absolute Gasteiger partial charge is 0.339 e. The fourth-order valence-electron chi connectivity index (χ4n) is 2.77. The minimum Gasteiger partial charge on any atom is -0.339 e. The number of aromatic nitrogens is 2.